The van der Waals surface area contributed by atoms with Crippen LogP contribution < -0.4 is 19.7 Å². The average Bonchev–Trinajstić information content (AvgIpc) is 2.88. The van der Waals surface area contributed by atoms with E-state index in [-0.39, 0.29) is 24.8 Å². The first-order chi connectivity index (χ1) is 17.1. The summed E-state index contributed by atoms with van der Waals surface area (Å²) >= 11 is 0. The van der Waals surface area contributed by atoms with Crippen molar-refractivity contribution in [1.82, 2.24) is 15.1 Å². The van der Waals surface area contributed by atoms with E-state index in [0.717, 1.165) is 38.2 Å². The van der Waals surface area contributed by atoms with Crippen LogP contribution in [0.1, 0.15) is 19.3 Å². The monoisotopic (exact) mass is 480 g/mol. The molecule has 0 aromatic heterocycles. The van der Waals surface area contributed by atoms with E-state index in [0.29, 0.717) is 37.7 Å². The predicted octanol–water partition coefficient (Wildman–Crippen LogP) is 2.52. The first kappa shape index (κ1) is 24.5. The number of piperazine rings is 1. The third-order valence-electron chi connectivity index (χ3n) is 6.17. The van der Waals surface area contributed by atoms with Gasteiger partial charge >= 0.3 is 6.03 Å². The van der Waals surface area contributed by atoms with E-state index in [1.54, 1.807) is 24.3 Å². The van der Waals surface area contributed by atoms with Gasteiger partial charge in [-0.25, -0.2) is 4.79 Å². The normalized spacial score (nSPS) is 16.7. The molecule has 9 heteroatoms. The van der Waals surface area contributed by atoms with Crippen molar-refractivity contribution in [2.24, 2.45) is 0 Å². The van der Waals surface area contributed by atoms with Gasteiger partial charge in [0.2, 0.25) is 5.91 Å². The number of imide groups is 1. The lowest BCUT2D eigenvalue weighted by atomic mass is 10.2. The number of urea groups is 1. The van der Waals surface area contributed by atoms with E-state index in [1.165, 1.54) is 4.90 Å². The highest BCUT2D eigenvalue weighted by atomic mass is 16.5. The van der Waals surface area contributed by atoms with Crippen molar-refractivity contribution in [2.45, 2.75) is 19.3 Å². The van der Waals surface area contributed by atoms with Gasteiger partial charge in [0.1, 0.15) is 11.5 Å². The molecule has 186 valence electrons. The standard InChI is InChI=1S/C26H32N4O5/c31-24-12-14-30(26(33)27-24)21-8-10-23(11-9-21)35-20-25(32)29-17-15-28(16-18-29)13-4-5-19-34-22-6-2-1-3-7-22/h1-3,6-11H,4-5,12-20H2,(H,27,31,33). The molecule has 4 rings (SSSR count). The van der Waals surface area contributed by atoms with E-state index < -0.39 is 6.03 Å². The van der Waals surface area contributed by atoms with Crippen LogP contribution in [0.15, 0.2) is 54.6 Å². The zero-order chi connectivity index (χ0) is 24.5. The van der Waals surface area contributed by atoms with Crippen molar-refractivity contribution in [3.8, 4) is 11.5 Å². The fraction of sp³-hybridized carbons (Fsp3) is 0.423. The van der Waals surface area contributed by atoms with Crippen LogP contribution >= 0.6 is 0 Å². The molecule has 0 aliphatic carbocycles. The zero-order valence-corrected chi connectivity index (χ0v) is 19.9. The van der Waals surface area contributed by atoms with Crippen molar-refractivity contribution in [1.29, 1.82) is 0 Å². The number of unbranched alkanes of at least 4 members (excludes halogenated alkanes) is 1. The molecular weight excluding hydrogens is 448 g/mol. The molecule has 2 aromatic carbocycles. The van der Waals surface area contributed by atoms with E-state index in [9.17, 15) is 14.4 Å². The number of ether oxygens (including phenoxy) is 2. The number of rotatable bonds is 10. The molecule has 0 bridgehead atoms. The second-order valence-corrected chi connectivity index (χ2v) is 8.63. The van der Waals surface area contributed by atoms with Crippen LogP contribution in [0.4, 0.5) is 10.5 Å². The largest absolute Gasteiger partial charge is 0.494 e. The highest BCUT2D eigenvalue weighted by Gasteiger charge is 2.24. The van der Waals surface area contributed by atoms with Crippen molar-refractivity contribution < 1.29 is 23.9 Å². The minimum Gasteiger partial charge on any atom is -0.494 e. The van der Waals surface area contributed by atoms with Crippen molar-refractivity contribution in [3.63, 3.8) is 0 Å². The highest BCUT2D eigenvalue weighted by Crippen LogP contribution is 2.21. The fourth-order valence-corrected chi connectivity index (χ4v) is 4.13. The van der Waals surface area contributed by atoms with E-state index in [1.807, 2.05) is 35.2 Å². The number of benzene rings is 2. The van der Waals surface area contributed by atoms with E-state index in [4.69, 9.17) is 9.47 Å². The van der Waals surface area contributed by atoms with Gasteiger partial charge in [-0.05, 0) is 55.8 Å². The molecule has 2 aliphatic rings. The van der Waals surface area contributed by atoms with Crippen LogP contribution in [0.25, 0.3) is 0 Å². The Kier molecular flexibility index (Phi) is 8.56. The first-order valence-corrected chi connectivity index (χ1v) is 12.1. The van der Waals surface area contributed by atoms with Crippen molar-refractivity contribution in [2.75, 3.05) is 57.4 Å². The molecule has 35 heavy (non-hydrogen) atoms. The summed E-state index contributed by atoms with van der Waals surface area (Å²) in [5.41, 5.74) is 0.677. The minimum atomic E-state index is -0.426. The summed E-state index contributed by atoms with van der Waals surface area (Å²) in [6, 6.07) is 16.4. The van der Waals surface area contributed by atoms with E-state index >= 15 is 0 Å². The van der Waals surface area contributed by atoms with Crippen molar-refractivity contribution >= 4 is 23.5 Å². The lowest BCUT2D eigenvalue weighted by Gasteiger charge is -2.34. The SMILES string of the molecule is O=C1CCN(c2ccc(OCC(=O)N3CCN(CCCCOc4ccccc4)CC3)cc2)C(=O)N1. The summed E-state index contributed by atoms with van der Waals surface area (Å²) in [5, 5.41) is 2.30. The predicted molar refractivity (Wildman–Crippen MR) is 132 cm³/mol. The molecule has 2 saturated heterocycles. The number of para-hydroxylation sites is 1. The topological polar surface area (TPSA) is 91.4 Å². The zero-order valence-electron chi connectivity index (χ0n) is 19.9. The van der Waals surface area contributed by atoms with Gasteiger partial charge in [0.05, 0.1) is 6.61 Å². The Bertz CT molecular complexity index is 991. The number of carbonyl (C=O) groups excluding carboxylic acids is 3. The van der Waals surface area contributed by atoms with Crippen LogP contribution in [0, 0.1) is 0 Å². The van der Waals surface area contributed by atoms with Crippen LogP contribution in [0.2, 0.25) is 0 Å². The molecule has 2 fully saturated rings. The van der Waals surface area contributed by atoms with Crippen molar-refractivity contribution in [3.05, 3.63) is 54.6 Å². The second-order valence-electron chi connectivity index (χ2n) is 8.63. The molecule has 2 aliphatic heterocycles. The summed E-state index contributed by atoms with van der Waals surface area (Å²) in [7, 11) is 0. The Balaban J connectivity index is 1.11. The third-order valence-corrected chi connectivity index (χ3v) is 6.17. The van der Waals surface area contributed by atoms with Gasteiger partial charge < -0.3 is 14.4 Å². The molecule has 2 aromatic rings. The van der Waals surface area contributed by atoms with Crippen LogP contribution in [0.3, 0.4) is 0 Å². The molecule has 0 radical (unpaired) electrons. The molecular formula is C26H32N4O5. The third kappa shape index (κ3) is 7.19. The number of hydrogen-bond donors (Lipinski definition) is 1. The Labute approximate surface area is 205 Å². The first-order valence-electron chi connectivity index (χ1n) is 12.1. The smallest absolute Gasteiger partial charge is 0.328 e. The summed E-state index contributed by atoms with van der Waals surface area (Å²) in [4.78, 5) is 41.6. The number of nitrogens with one attached hydrogen (secondary N) is 1. The summed E-state index contributed by atoms with van der Waals surface area (Å²) in [6.07, 6.45) is 2.34. The molecule has 0 atom stereocenters. The lowest BCUT2D eigenvalue weighted by molar-refractivity contribution is -0.135. The fourth-order valence-electron chi connectivity index (χ4n) is 4.13. The number of hydrogen-bond acceptors (Lipinski definition) is 6. The van der Waals surface area contributed by atoms with Gasteiger partial charge in [0.15, 0.2) is 6.61 Å². The summed E-state index contributed by atoms with van der Waals surface area (Å²) in [6.45, 7) is 5.17. The second kappa shape index (κ2) is 12.2. The maximum Gasteiger partial charge on any atom is 0.328 e. The molecule has 0 saturated carbocycles. The Morgan fingerprint density at radius 3 is 2.26 bits per heavy atom. The number of carbonyl (C=O) groups is 3. The van der Waals surface area contributed by atoms with Crippen LogP contribution in [0.5, 0.6) is 11.5 Å². The van der Waals surface area contributed by atoms with Crippen LogP contribution in [-0.4, -0.2) is 80.1 Å². The number of anilines is 1. The Hall–Kier alpha value is -3.59. The lowest BCUT2D eigenvalue weighted by Crippen LogP contribution is -2.50. The maximum absolute atomic E-state index is 12.6. The molecule has 4 amide bonds. The average molecular weight is 481 g/mol. The van der Waals surface area contributed by atoms with Gasteiger partial charge in [0, 0.05) is 44.8 Å². The quantitative estimate of drug-likeness (QED) is 0.526. The van der Waals surface area contributed by atoms with Gasteiger partial charge in [-0.3, -0.25) is 24.7 Å². The summed E-state index contributed by atoms with van der Waals surface area (Å²) in [5.74, 6) is 1.18. The highest BCUT2D eigenvalue weighted by molar-refractivity contribution is 6.05. The molecule has 2 heterocycles. The van der Waals surface area contributed by atoms with E-state index in [2.05, 4.69) is 10.2 Å². The Morgan fingerprint density at radius 2 is 1.54 bits per heavy atom. The maximum atomic E-state index is 12.6. The van der Waals surface area contributed by atoms with Gasteiger partial charge in [-0.1, -0.05) is 18.2 Å². The number of nitrogens with zero attached hydrogens (tertiary/aromatic N) is 3. The summed E-state index contributed by atoms with van der Waals surface area (Å²) < 4.78 is 11.4. The molecule has 1 N–H and O–H groups in total. The molecule has 0 unspecified atom stereocenters. The van der Waals surface area contributed by atoms with Gasteiger partial charge in [-0.2, -0.15) is 0 Å². The van der Waals surface area contributed by atoms with Gasteiger partial charge in [0.25, 0.3) is 5.91 Å². The molecule has 9 nitrogen and oxygen atoms in total. The molecule has 0 spiro atoms. The number of amides is 4. The van der Waals surface area contributed by atoms with Gasteiger partial charge in [-0.15, -0.1) is 0 Å². The minimum absolute atomic E-state index is 0.0190. The Morgan fingerprint density at radius 1 is 0.829 bits per heavy atom. The van der Waals surface area contributed by atoms with Crippen LogP contribution in [-0.2, 0) is 9.59 Å².